The highest BCUT2D eigenvalue weighted by Gasteiger charge is 2.06. The minimum atomic E-state index is 0.104. The fraction of sp³-hybridized carbons (Fsp3) is 0.478. The average molecular weight is 405 g/mol. The third-order valence-electron chi connectivity index (χ3n) is 4.73. The van der Waals surface area contributed by atoms with Gasteiger partial charge >= 0.3 is 0 Å². The maximum absolute atomic E-state index is 8.93. The molecule has 162 valence electrons. The maximum atomic E-state index is 8.93. The van der Waals surface area contributed by atoms with Crippen LogP contribution in [0.4, 0.5) is 11.4 Å². The maximum Gasteiger partial charge on any atom is 0.0606 e. The van der Waals surface area contributed by atoms with Crippen LogP contribution in [0.2, 0.25) is 0 Å². The van der Waals surface area contributed by atoms with E-state index >= 15 is 0 Å². The minimum absolute atomic E-state index is 0.104. The SMILES string of the molecule is Cc1ccc(N(CCO)CCO)cc1.Cc1ccc(N(CCO)CCO)cc1C. The Balaban J connectivity index is 0.000000291. The molecule has 0 aliphatic rings. The molecule has 2 rings (SSSR count). The van der Waals surface area contributed by atoms with E-state index in [0.717, 1.165) is 11.4 Å². The number of rotatable bonds is 10. The van der Waals surface area contributed by atoms with Gasteiger partial charge in [-0.05, 0) is 56.2 Å². The Morgan fingerprint density at radius 1 is 0.552 bits per heavy atom. The molecule has 4 N–H and O–H groups in total. The summed E-state index contributed by atoms with van der Waals surface area (Å²) in [6, 6.07) is 14.2. The number of hydrogen-bond acceptors (Lipinski definition) is 6. The van der Waals surface area contributed by atoms with Crippen molar-refractivity contribution in [2.75, 3.05) is 62.4 Å². The second-order valence-corrected chi connectivity index (χ2v) is 6.97. The lowest BCUT2D eigenvalue weighted by molar-refractivity contribution is 0.280. The summed E-state index contributed by atoms with van der Waals surface area (Å²) < 4.78 is 0. The van der Waals surface area contributed by atoms with Crippen molar-refractivity contribution >= 4 is 11.4 Å². The molecule has 0 amide bonds. The van der Waals surface area contributed by atoms with Crippen molar-refractivity contribution in [2.45, 2.75) is 20.8 Å². The van der Waals surface area contributed by atoms with E-state index in [9.17, 15) is 0 Å². The highest BCUT2D eigenvalue weighted by Crippen LogP contribution is 2.18. The van der Waals surface area contributed by atoms with Gasteiger partial charge < -0.3 is 30.2 Å². The molecule has 0 saturated heterocycles. The molecule has 0 saturated carbocycles. The third-order valence-corrected chi connectivity index (χ3v) is 4.73. The van der Waals surface area contributed by atoms with Crippen molar-refractivity contribution < 1.29 is 20.4 Å². The summed E-state index contributed by atoms with van der Waals surface area (Å²) in [4.78, 5) is 3.94. The second kappa shape index (κ2) is 14.0. The lowest BCUT2D eigenvalue weighted by Crippen LogP contribution is -2.29. The number of nitrogens with zero attached hydrogens (tertiary/aromatic N) is 2. The van der Waals surface area contributed by atoms with Crippen LogP contribution in [0.1, 0.15) is 16.7 Å². The molecule has 0 aliphatic carbocycles. The van der Waals surface area contributed by atoms with Crippen LogP contribution in [0.15, 0.2) is 42.5 Å². The monoisotopic (exact) mass is 404 g/mol. The van der Waals surface area contributed by atoms with E-state index in [-0.39, 0.29) is 26.4 Å². The van der Waals surface area contributed by atoms with Gasteiger partial charge in [0.1, 0.15) is 0 Å². The molecule has 0 radical (unpaired) electrons. The predicted molar refractivity (Wildman–Crippen MR) is 120 cm³/mol. The van der Waals surface area contributed by atoms with E-state index in [1.54, 1.807) is 0 Å². The van der Waals surface area contributed by atoms with E-state index in [1.165, 1.54) is 16.7 Å². The topological polar surface area (TPSA) is 87.4 Å². The molecular weight excluding hydrogens is 368 g/mol. The quantitative estimate of drug-likeness (QED) is 0.484. The molecule has 0 aromatic heterocycles. The molecule has 2 aromatic rings. The van der Waals surface area contributed by atoms with Crippen molar-refractivity contribution in [1.29, 1.82) is 0 Å². The van der Waals surface area contributed by atoms with Gasteiger partial charge in [-0.2, -0.15) is 0 Å². The lowest BCUT2D eigenvalue weighted by atomic mass is 10.1. The van der Waals surface area contributed by atoms with Crippen molar-refractivity contribution in [3.05, 3.63) is 59.2 Å². The first-order chi connectivity index (χ1) is 14.0. The molecule has 0 aliphatic heterocycles. The molecule has 0 unspecified atom stereocenters. The van der Waals surface area contributed by atoms with Crippen molar-refractivity contribution in [1.82, 2.24) is 0 Å². The Labute approximate surface area is 174 Å². The Morgan fingerprint density at radius 2 is 0.966 bits per heavy atom. The minimum Gasteiger partial charge on any atom is -0.395 e. The van der Waals surface area contributed by atoms with Crippen LogP contribution in [0.3, 0.4) is 0 Å². The molecule has 6 heteroatoms. The highest BCUT2D eigenvalue weighted by molar-refractivity contribution is 5.50. The number of anilines is 2. The van der Waals surface area contributed by atoms with E-state index in [2.05, 4.69) is 26.0 Å². The zero-order valence-corrected chi connectivity index (χ0v) is 17.9. The summed E-state index contributed by atoms with van der Waals surface area (Å²) in [7, 11) is 0. The van der Waals surface area contributed by atoms with Gasteiger partial charge in [-0.1, -0.05) is 23.8 Å². The third kappa shape index (κ3) is 8.83. The number of aliphatic hydroxyl groups excluding tert-OH is 4. The average Bonchev–Trinajstić information content (AvgIpc) is 2.71. The molecule has 0 atom stereocenters. The van der Waals surface area contributed by atoms with E-state index in [1.807, 2.05) is 47.1 Å². The normalized spacial score (nSPS) is 10.3. The largest absolute Gasteiger partial charge is 0.395 e. The summed E-state index contributed by atoms with van der Waals surface area (Å²) in [6.45, 7) is 8.82. The van der Waals surface area contributed by atoms with Crippen molar-refractivity contribution in [3.8, 4) is 0 Å². The lowest BCUT2D eigenvalue weighted by Gasteiger charge is -2.23. The van der Waals surface area contributed by atoms with Gasteiger partial charge in [0.05, 0.1) is 26.4 Å². The molecule has 29 heavy (non-hydrogen) atoms. The predicted octanol–water partition coefficient (Wildman–Crippen LogP) is 1.88. The first-order valence-corrected chi connectivity index (χ1v) is 10.0. The summed E-state index contributed by atoms with van der Waals surface area (Å²) in [5.41, 5.74) is 5.79. The van der Waals surface area contributed by atoms with Crippen LogP contribution in [-0.2, 0) is 0 Å². The number of hydrogen-bond donors (Lipinski definition) is 4. The molecular formula is C23H36N2O4. The summed E-state index contributed by atoms with van der Waals surface area (Å²) >= 11 is 0. The van der Waals surface area contributed by atoms with Crippen LogP contribution in [0, 0.1) is 20.8 Å². The molecule has 0 fully saturated rings. The number of aliphatic hydroxyl groups is 4. The van der Waals surface area contributed by atoms with Crippen molar-refractivity contribution in [2.24, 2.45) is 0 Å². The van der Waals surface area contributed by atoms with Gasteiger partial charge in [0.25, 0.3) is 0 Å². The Hall–Kier alpha value is -2.12. The Kier molecular flexibility index (Phi) is 12.0. The molecule has 0 bridgehead atoms. The van der Waals surface area contributed by atoms with Gasteiger partial charge in [0.15, 0.2) is 0 Å². The van der Waals surface area contributed by atoms with Gasteiger partial charge in [0, 0.05) is 37.6 Å². The van der Waals surface area contributed by atoms with Gasteiger partial charge in [0.2, 0.25) is 0 Å². The first-order valence-electron chi connectivity index (χ1n) is 10.0. The van der Waals surface area contributed by atoms with Crippen LogP contribution in [0.25, 0.3) is 0 Å². The van der Waals surface area contributed by atoms with Crippen molar-refractivity contribution in [3.63, 3.8) is 0 Å². The van der Waals surface area contributed by atoms with Crippen LogP contribution in [0.5, 0.6) is 0 Å². The van der Waals surface area contributed by atoms with Crippen LogP contribution in [-0.4, -0.2) is 73.0 Å². The van der Waals surface area contributed by atoms with Crippen LogP contribution < -0.4 is 9.80 Å². The zero-order chi connectivity index (χ0) is 21.6. The fourth-order valence-corrected chi connectivity index (χ4v) is 2.90. The van der Waals surface area contributed by atoms with Gasteiger partial charge in [-0.25, -0.2) is 0 Å². The highest BCUT2D eigenvalue weighted by atomic mass is 16.3. The van der Waals surface area contributed by atoms with Gasteiger partial charge in [-0.15, -0.1) is 0 Å². The Morgan fingerprint density at radius 3 is 1.38 bits per heavy atom. The standard InChI is InChI=1S/C12H19NO2.C11H17NO2/c1-10-3-4-12(9-11(10)2)13(5-7-14)6-8-15;1-10-2-4-11(5-3-10)12(6-8-13)7-9-14/h3-4,9,14-15H,5-8H2,1-2H3;2-5,13-14H,6-9H2,1H3. The van der Waals surface area contributed by atoms with Crippen LogP contribution >= 0.6 is 0 Å². The fourth-order valence-electron chi connectivity index (χ4n) is 2.90. The molecule has 0 heterocycles. The summed E-state index contributed by atoms with van der Waals surface area (Å²) in [5.74, 6) is 0. The van der Waals surface area contributed by atoms with Gasteiger partial charge in [-0.3, -0.25) is 0 Å². The van der Waals surface area contributed by atoms with E-state index in [4.69, 9.17) is 20.4 Å². The molecule has 6 nitrogen and oxygen atoms in total. The van der Waals surface area contributed by atoms with E-state index in [0.29, 0.717) is 26.2 Å². The molecule has 2 aromatic carbocycles. The first kappa shape index (κ1) is 24.9. The second-order valence-electron chi connectivity index (χ2n) is 6.97. The molecule has 0 spiro atoms. The summed E-state index contributed by atoms with van der Waals surface area (Å²) in [5, 5.41) is 35.6. The number of benzene rings is 2. The smallest absolute Gasteiger partial charge is 0.0606 e. The Bertz CT molecular complexity index is 680. The number of aryl methyl sites for hydroxylation is 3. The van der Waals surface area contributed by atoms with E-state index < -0.39 is 0 Å². The zero-order valence-electron chi connectivity index (χ0n) is 17.9. The summed E-state index contributed by atoms with van der Waals surface area (Å²) in [6.07, 6.45) is 0.